The Bertz CT molecular complexity index is 450. The summed E-state index contributed by atoms with van der Waals surface area (Å²) in [7, 11) is 0. The lowest BCUT2D eigenvalue weighted by Gasteiger charge is -2.30. The van der Waals surface area contributed by atoms with Gasteiger partial charge < -0.3 is 5.32 Å². The highest BCUT2D eigenvalue weighted by molar-refractivity contribution is 6.30. The molecule has 0 bridgehead atoms. The number of nitrogens with one attached hydrogen (secondary N) is 1. The second kappa shape index (κ2) is 5.41. The van der Waals surface area contributed by atoms with E-state index >= 15 is 0 Å². The average Bonchev–Trinajstić information content (AvgIpc) is 3.12. The third-order valence-corrected chi connectivity index (χ3v) is 4.82. The van der Waals surface area contributed by atoms with Crippen molar-refractivity contribution in [3.05, 3.63) is 34.6 Å². The Hall–Kier alpha value is -0.600. The van der Waals surface area contributed by atoms with E-state index in [0.717, 1.165) is 24.6 Å². The number of hydrogen-bond acceptors (Lipinski definition) is 1. The van der Waals surface area contributed by atoms with Crippen molar-refractivity contribution in [2.24, 2.45) is 5.41 Å². The van der Waals surface area contributed by atoms with Gasteiger partial charge in [0.1, 0.15) is 5.82 Å². The van der Waals surface area contributed by atoms with Crippen LogP contribution in [0.2, 0.25) is 5.02 Å². The second-order valence-corrected chi connectivity index (χ2v) is 6.71. The Labute approximate surface area is 119 Å². The van der Waals surface area contributed by atoms with Crippen molar-refractivity contribution in [3.63, 3.8) is 0 Å². The van der Waals surface area contributed by atoms with Gasteiger partial charge in [0.2, 0.25) is 0 Å². The molecule has 104 valence electrons. The molecule has 0 amide bonds. The highest BCUT2D eigenvalue weighted by Crippen LogP contribution is 2.41. The lowest BCUT2D eigenvalue weighted by molar-refractivity contribution is 0.273. The molecule has 3 heteroatoms. The van der Waals surface area contributed by atoms with Crippen molar-refractivity contribution < 1.29 is 4.39 Å². The molecule has 1 aromatic carbocycles. The van der Waals surface area contributed by atoms with E-state index in [2.05, 4.69) is 5.32 Å². The van der Waals surface area contributed by atoms with Crippen LogP contribution in [-0.2, 0) is 6.42 Å². The minimum absolute atomic E-state index is 0.109. The number of rotatable bonds is 5. The molecule has 2 fully saturated rings. The summed E-state index contributed by atoms with van der Waals surface area (Å²) in [6.07, 6.45) is 8.39. The second-order valence-electron chi connectivity index (χ2n) is 6.27. The minimum Gasteiger partial charge on any atom is -0.313 e. The molecule has 2 aliphatic carbocycles. The lowest BCUT2D eigenvalue weighted by Crippen LogP contribution is -2.35. The van der Waals surface area contributed by atoms with Crippen molar-refractivity contribution in [2.75, 3.05) is 6.54 Å². The Morgan fingerprint density at radius 1 is 1.26 bits per heavy atom. The van der Waals surface area contributed by atoms with Crippen LogP contribution in [0.3, 0.4) is 0 Å². The van der Waals surface area contributed by atoms with Gasteiger partial charge >= 0.3 is 0 Å². The quantitative estimate of drug-likeness (QED) is 0.847. The van der Waals surface area contributed by atoms with Crippen LogP contribution in [0.5, 0.6) is 0 Å². The summed E-state index contributed by atoms with van der Waals surface area (Å²) < 4.78 is 13.9. The summed E-state index contributed by atoms with van der Waals surface area (Å²) in [6, 6.07) is 5.65. The predicted octanol–water partition coefficient (Wildman–Crippen LogP) is 4.33. The first-order valence-electron chi connectivity index (χ1n) is 7.34. The van der Waals surface area contributed by atoms with E-state index in [-0.39, 0.29) is 11.2 Å². The molecule has 0 radical (unpaired) electrons. The van der Waals surface area contributed by atoms with Crippen LogP contribution in [0, 0.1) is 11.2 Å². The van der Waals surface area contributed by atoms with Gasteiger partial charge in [-0.1, -0.05) is 24.4 Å². The van der Waals surface area contributed by atoms with E-state index in [1.54, 1.807) is 12.1 Å². The molecule has 0 spiro atoms. The Morgan fingerprint density at radius 3 is 2.68 bits per heavy atom. The molecule has 0 aromatic heterocycles. The SMILES string of the molecule is Fc1ccc(Cl)cc1CC1(CNC2CC2)CCCC1. The van der Waals surface area contributed by atoms with Gasteiger partial charge in [-0.15, -0.1) is 0 Å². The maximum Gasteiger partial charge on any atom is 0.126 e. The third-order valence-electron chi connectivity index (χ3n) is 4.58. The van der Waals surface area contributed by atoms with E-state index < -0.39 is 0 Å². The molecule has 0 heterocycles. The van der Waals surface area contributed by atoms with Gasteiger partial charge in [0.15, 0.2) is 0 Å². The number of benzene rings is 1. The first kappa shape index (κ1) is 13.4. The molecule has 0 aliphatic heterocycles. The van der Waals surface area contributed by atoms with Gasteiger partial charge in [-0.25, -0.2) is 4.39 Å². The fourth-order valence-corrected chi connectivity index (χ4v) is 3.47. The molecule has 2 saturated carbocycles. The summed E-state index contributed by atoms with van der Waals surface area (Å²) >= 11 is 6.00. The van der Waals surface area contributed by atoms with Crippen molar-refractivity contribution >= 4 is 11.6 Å². The molecule has 0 atom stereocenters. The van der Waals surface area contributed by atoms with Crippen LogP contribution in [0.25, 0.3) is 0 Å². The molecule has 0 saturated heterocycles. The molecule has 1 nitrogen and oxygen atoms in total. The molecule has 19 heavy (non-hydrogen) atoms. The zero-order valence-electron chi connectivity index (χ0n) is 11.2. The standard InChI is InChI=1S/C16H21ClFN/c17-13-3-6-15(18)12(9-13)10-16(7-1-2-8-16)11-19-14-4-5-14/h3,6,9,14,19H,1-2,4-5,7-8,10-11H2. The minimum atomic E-state index is -0.109. The summed E-state index contributed by atoms with van der Waals surface area (Å²) in [4.78, 5) is 0. The Kier molecular flexibility index (Phi) is 3.81. The lowest BCUT2D eigenvalue weighted by atomic mass is 9.79. The van der Waals surface area contributed by atoms with Gasteiger partial charge in [0, 0.05) is 17.6 Å². The summed E-state index contributed by atoms with van der Waals surface area (Å²) in [6.45, 7) is 1.03. The largest absolute Gasteiger partial charge is 0.313 e. The van der Waals surface area contributed by atoms with Crippen LogP contribution in [-0.4, -0.2) is 12.6 Å². The fraction of sp³-hybridized carbons (Fsp3) is 0.625. The topological polar surface area (TPSA) is 12.0 Å². The van der Waals surface area contributed by atoms with Gasteiger partial charge in [0.05, 0.1) is 0 Å². The molecule has 1 N–H and O–H groups in total. The van der Waals surface area contributed by atoms with E-state index in [1.165, 1.54) is 44.6 Å². The Morgan fingerprint density at radius 2 is 2.00 bits per heavy atom. The summed E-state index contributed by atoms with van der Waals surface area (Å²) in [5.74, 6) is -0.109. The van der Waals surface area contributed by atoms with Crippen molar-refractivity contribution in [1.29, 1.82) is 0 Å². The van der Waals surface area contributed by atoms with E-state index in [4.69, 9.17) is 11.6 Å². The maximum atomic E-state index is 13.9. The van der Waals surface area contributed by atoms with Crippen LogP contribution in [0.15, 0.2) is 18.2 Å². The molecule has 0 unspecified atom stereocenters. The third kappa shape index (κ3) is 3.29. The van der Waals surface area contributed by atoms with E-state index in [0.29, 0.717) is 5.02 Å². The predicted molar refractivity (Wildman–Crippen MR) is 77.0 cm³/mol. The molecule has 2 aliphatic rings. The van der Waals surface area contributed by atoms with E-state index in [9.17, 15) is 4.39 Å². The molecule has 3 rings (SSSR count). The summed E-state index contributed by atoms with van der Waals surface area (Å²) in [5.41, 5.74) is 1.03. The first-order valence-corrected chi connectivity index (χ1v) is 7.72. The summed E-state index contributed by atoms with van der Waals surface area (Å²) in [5, 5.41) is 4.28. The van der Waals surface area contributed by atoms with Crippen LogP contribution < -0.4 is 5.32 Å². The van der Waals surface area contributed by atoms with Crippen molar-refractivity contribution in [3.8, 4) is 0 Å². The van der Waals surface area contributed by atoms with Crippen LogP contribution >= 0.6 is 11.6 Å². The smallest absolute Gasteiger partial charge is 0.126 e. The van der Waals surface area contributed by atoms with Gasteiger partial charge in [-0.05, 0) is 61.3 Å². The molecular formula is C16H21ClFN. The Balaban J connectivity index is 1.74. The molecular weight excluding hydrogens is 261 g/mol. The maximum absolute atomic E-state index is 13.9. The van der Waals surface area contributed by atoms with Crippen molar-refractivity contribution in [2.45, 2.75) is 51.0 Å². The van der Waals surface area contributed by atoms with Gasteiger partial charge in [0.25, 0.3) is 0 Å². The monoisotopic (exact) mass is 281 g/mol. The van der Waals surface area contributed by atoms with Crippen LogP contribution in [0.4, 0.5) is 4.39 Å². The van der Waals surface area contributed by atoms with Gasteiger partial charge in [-0.3, -0.25) is 0 Å². The zero-order chi connectivity index (χ0) is 13.3. The fourth-order valence-electron chi connectivity index (χ4n) is 3.27. The molecule has 1 aromatic rings. The first-order chi connectivity index (χ1) is 9.17. The highest BCUT2D eigenvalue weighted by Gasteiger charge is 2.36. The zero-order valence-corrected chi connectivity index (χ0v) is 12.0. The van der Waals surface area contributed by atoms with Crippen molar-refractivity contribution in [1.82, 2.24) is 5.32 Å². The van der Waals surface area contributed by atoms with Crippen LogP contribution in [0.1, 0.15) is 44.1 Å². The average molecular weight is 282 g/mol. The normalized spacial score (nSPS) is 21.8. The van der Waals surface area contributed by atoms with E-state index in [1.807, 2.05) is 0 Å². The highest BCUT2D eigenvalue weighted by atomic mass is 35.5. The van der Waals surface area contributed by atoms with Gasteiger partial charge in [-0.2, -0.15) is 0 Å². The number of hydrogen-bond donors (Lipinski definition) is 1. The number of halogens is 2.